The number of carbonyl (C=O) groups excluding carboxylic acids is 1. The van der Waals surface area contributed by atoms with Crippen molar-refractivity contribution in [3.63, 3.8) is 0 Å². The Morgan fingerprint density at radius 1 is 0.933 bits per heavy atom. The first-order valence-corrected chi connectivity index (χ1v) is 9.70. The minimum Gasteiger partial charge on any atom is -0.493 e. The highest BCUT2D eigenvalue weighted by Gasteiger charge is 2.22. The third-order valence-corrected chi connectivity index (χ3v) is 4.81. The lowest BCUT2D eigenvalue weighted by molar-refractivity contribution is -0.130. The Hall–Kier alpha value is -3.79. The summed E-state index contributed by atoms with van der Waals surface area (Å²) < 4.78 is 16.8. The van der Waals surface area contributed by atoms with E-state index in [1.165, 1.54) is 0 Å². The average molecular weight is 398 g/mol. The molecule has 0 fully saturated rings. The van der Waals surface area contributed by atoms with E-state index in [1.807, 2.05) is 79.7 Å². The molecule has 1 heterocycles. The van der Waals surface area contributed by atoms with E-state index in [-0.39, 0.29) is 5.97 Å². The number of esters is 1. The number of methoxy groups -OCH3 is 1. The van der Waals surface area contributed by atoms with Gasteiger partial charge in [0.15, 0.2) is 11.5 Å². The second-order valence-corrected chi connectivity index (χ2v) is 7.05. The van der Waals surface area contributed by atoms with E-state index < -0.39 is 0 Å². The second kappa shape index (κ2) is 8.70. The van der Waals surface area contributed by atoms with E-state index in [2.05, 4.69) is 0 Å². The molecule has 0 bridgehead atoms. The highest BCUT2D eigenvalue weighted by Crippen LogP contribution is 2.32. The van der Waals surface area contributed by atoms with E-state index >= 15 is 0 Å². The number of aryl methyl sites for hydroxylation is 1. The number of hydrogen-bond donors (Lipinski definition) is 0. The summed E-state index contributed by atoms with van der Waals surface area (Å²) in [5.41, 5.74) is 4.42. The Balaban J connectivity index is 1.54. The molecule has 4 nitrogen and oxygen atoms in total. The molecule has 0 saturated carbocycles. The van der Waals surface area contributed by atoms with Gasteiger partial charge in [0.25, 0.3) is 0 Å². The molecular weight excluding hydrogens is 376 g/mol. The maximum Gasteiger partial charge on any atom is 0.343 e. The van der Waals surface area contributed by atoms with Crippen molar-refractivity contribution in [2.75, 3.05) is 7.11 Å². The molecule has 0 radical (unpaired) electrons. The first kappa shape index (κ1) is 19.5. The zero-order valence-corrected chi connectivity index (χ0v) is 16.9. The Labute approximate surface area is 176 Å². The van der Waals surface area contributed by atoms with Crippen molar-refractivity contribution in [2.45, 2.75) is 13.5 Å². The number of rotatable bonds is 6. The van der Waals surface area contributed by atoms with Crippen LogP contribution in [0.3, 0.4) is 0 Å². The van der Waals surface area contributed by atoms with Crippen LogP contribution >= 0.6 is 0 Å². The molecule has 0 unspecified atom stereocenters. The lowest BCUT2D eigenvalue weighted by atomic mass is 10.1. The lowest BCUT2D eigenvalue weighted by Gasteiger charge is -2.11. The molecule has 3 aromatic rings. The van der Waals surface area contributed by atoms with Crippen molar-refractivity contribution >= 4 is 17.8 Å². The van der Waals surface area contributed by atoms with Gasteiger partial charge in [0.05, 0.1) is 12.7 Å². The topological polar surface area (TPSA) is 44.8 Å². The van der Waals surface area contributed by atoms with Crippen molar-refractivity contribution in [1.82, 2.24) is 0 Å². The summed E-state index contributed by atoms with van der Waals surface area (Å²) >= 11 is 0. The summed E-state index contributed by atoms with van der Waals surface area (Å²) in [6.45, 7) is 2.47. The van der Waals surface area contributed by atoms with E-state index in [0.717, 1.165) is 22.3 Å². The average Bonchev–Trinajstić information content (AvgIpc) is 3.14. The molecule has 0 saturated heterocycles. The molecule has 0 spiro atoms. The van der Waals surface area contributed by atoms with Gasteiger partial charge in [-0.15, -0.1) is 0 Å². The molecule has 4 heteroatoms. The quantitative estimate of drug-likeness (QED) is 0.403. The maximum atomic E-state index is 12.3. The van der Waals surface area contributed by atoms with Crippen molar-refractivity contribution in [1.29, 1.82) is 0 Å². The fourth-order valence-electron chi connectivity index (χ4n) is 3.16. The van der Waals surface area contributed by atoms with Crippen LogP contribution in [0.5, 0.6) is 11.5 Å². The van der Waals surface area contributed by atoms with Crippen LogP contribution in [-0.4, -0.2) is 13.1 Å². The fourth-order valence-corrected chi connectivity index (χ4v) is 3.16. The molecule has 30 heavy (non-hydrogen) atoms. The van der Waals surface area contributed by atoms with Crippen molar-refractivity contribution in [3.8, 4) is 11.5 Å². The minimum absolute atomic E-state index is 0.367. The van der Waals surface area contributed by atoms with Gasteiger partial charge in [-0.05, 0) is 42.3 Å². The fraction of sp³-hybridized carbons (Fsp3) is 0.115. The second-order valence-electron chi connectivity index (χ2n) is 7.05. The van der Waals surface area contributed by atoms with Gasteiger partial charge in [-0.3, -0.25) is 0 Å². The minimum atomic E-state index is -0.367. The van der Waals surface area contributed by atoms with Gasteiger partial charge in [-0.1, -0.05) is 66.2 Å². The highest BCUT2D eigenvalue weighted by atomic mass is 16.5. The Morgan fingerprint density at radius 3 is 2.43 bits per heavy atom. The predicted octanol–water partition coefficient (Wildman–Crippen LogP) is 5.56. The highest BCUT2D eigenvalue weighted by molar-refractivity contribution is 6.05. The smallest absolute Gasteiger partial charge is 0.343 e. The lowest BCUT2D eigenvalue weighted by Crippen LogP contribution is -1.99. The van der Waals surface area contributed by atoms with Crippen LogP contribution in [0.25, 0.3) is 11.8 Å². The standard InChI is InChI=1S/C26H22O4/c1-18-8-11-21(12-9-18)24-16-22(26(27)30-24)14-20-10-13-23(25(15-20)28-2)29-17-19-6-4-3-5-7-19/h3-16H,17H2,1-2H3/b22-14-. The van der Waals surface area contributed by atoms with Crippen LogP contribution < -0.4 is 9.47 Å². The van der Waals surface area contributed by atoms with Gasteiger partial charge in [-0.2, -0.15) is 0 Å². The summed E-state index contributed by atoms with van der Waals surface area (Å²) in [5, 5.41) is 0. The van der Waals surface area contributed by atoms with Crippen LogP contribution in [0, 0.1) is 6.92 Å². The van der Waals surface area contributed by atoms with Gasteiger partial charge < -0.3 is 14.2 Å². The van der Waals surface area contributed by atoms with E-state index in [1.54, 1.807) is 19.3 Å². The first-order chi connectivity index (χ1) is 14.6. The molecule has 0 aliphatic carbocycles. The number of hydrogen-bond acceptors (Lipinski definition) is 4. The third-order valence-electron chi connectivity index (χ3n) is 4.81. The summed E-state index contributed by atoms with van der Waals surface area (Å²) in [7, 11) is 1.60. The monoisotopic (exact) mass is 398 g/mol. The predicted molar refractivity (Wildman–Crippen MR) is 117 cm³/mol. The van der Waals surface area contributed by atoms with Crippen molar-refractivity contribution < 1.29 is 19.0 Å². The molecule has 0 aromatic heterocycles. The Bertz CT molecular complexity index is 1110. The maximum absolute atomic E-state index is 12.3. The number of ether oxygens (including phenoxy) is 3. The van der Waals surface area contributed by atoms with Gasteiger partial charge in [0, 0.05) is 5.56 Å². The first-order valence-electron chi connectivity index (χ1n) is 9.70. The van der Waals surface area contributed by atoms with Gasteiger partial charge in [0.1, 0.15) is 12.4 Å². The van der Waals surface area contributed by atoms with Crippen LogP contribution in [0.15, 0.2) is 84.4 Å². The molecule has 1 aliphatic heterocycles. The van der Waals surface area contributed by atoms with Crippen LogP contribution in [-0.2, 0) is 16.1 Å². The van der Waals surface area contributed by atoms with Gasteiger partial charge in [0.2, 0.25) is 0 Å². The number of benzene rings is 3. The van der Waals surface area contributed by atoms with Crippen molar-refractivity contribution in [2.24, 2.45) is 0 Å². The summed E-state index contributed by atoms with van der Waals surface area (Å²) in [5.74, 6) is 1.44. The zero-order valence-electron chi connectivity index (χ0n) is 16.9. The summed E-state index contributed by atoms with van der Waals surface area (Å²) in [6, 6.07) is 23.4. The third kappa shape index (κ3) is 4.44. The number of cyclic esters (lactones) is 1. The Morgan fingerprint density at radius 2 is 1.70 bits per heavy atom. The van der Waals surface area contributed by atoms with Crippen LogP contribution in [0.1, 0.15) is 22.3 Å². The molecule has 0 N–H and O–H groups in total. The molecule has 1 aliphatic rings. The van der Waals surface area contributed by atoms with E-state index in [9.17, 15) is 4.79 Å². The van der Waals surface area contributed by atoms with E-state index in [0.29, 0.717) is 29.4 Å². The largest absolute Gasteiger partial charge is 0.493 e. The molecule has 0 amide bonds. The molecule has 150 valence electrons. The molecule has 3 aromatic carbocycles. The van der Waals surface area contributed by atoms with Crippen LogP contribution in [0.2, 0.25) is 0 Å². The summed E-state index contributed by atoms with van der Waals surface area (Å²) in [6.07, 6.45) is 3.55. The van der Waals surface area contributed by atoms with Gasteiger partial charge >= 0.3 is 5.97 Å². The van der Waals surface area contributed by atoms with Crippen molar-refractivity contribution in [3.05, 3.63) is 107 Å². The van der Waals surface area contributed by atoms with Crippen LogP contribution in [0.4, 0.5) is 0 Å². The normalized spacial score (nSPS) is 14.4. The van der Waals surface area contributed by atoms with E-state index in [4.69, 9.17) is 14.2 Å². The number of carbonyl (C=O) groups is 1. The Kier molecular flexibility index (Phi) is 5.66. The zero-order chi connectivity index (χ0) is 20.9. The summed E-state index contributed by atoms with van der Waals surface area (Å²) in [4.78, 5) is 12.3. The molecule has 4 rings (SSSR count). The van der Waals surface area contributed by atoms with Gasteiger partial charge in [-0.25, -0.2) is 4.79 Å². The molecule has 0 atom stereocenters. The SMILES string of the molecule is COc1cc(/C=C2/C=C(c3ccc(C)cc3)OC2=O)ccc1OCc1ccccc1. The molecular formula is C26H22O4.